The number of nitrogens with zero attached hydrogens (tertiary/aromatic N) is 1. The quantitative estimate of drug-likeness (QED) is 0.755. The number of ether oxygens (including phenoxy) is 1. The van der Waals surface area contributed by atoms with Crippen LogP contribution in [-0.4, -0.2) is 37.2 Å². The first-order valence-electron chi connectivity index (χ1n) is 6.68. The summed E-state index contributed by atoms with van der Waals surface area (Å²) in [6.45, 7) is 5.52. The average molecular weight is 265 g/mol. The highest BCUT2D eigenvalue weighted by atomic mass is 16.5. The topological polar surface area (TPSA) is 63.2 Å². The minimum Gasteiger partial charge on any atom is -0.385 e. The Morgan fingerprint density at radius 1 is 1.47 bits per heavy atom. The van der Waals surface area contributed by atoms with Gasteiger partial charge in [0.2, 0.25) is 0 Å². The highest BCUT2D eigenvalue weighted by Crippen LogP contribution is 2.05. The molecule has 106 valence electrons. The third kappa shape index (κ3) is 5.70. The Bertz CT molecular complexity index is 396. The SMILES string of the molecule is CCCNc1cccc(C(=O)NC(C)CCOC)n1. The summed E-state index contributed by atoms with van der Waals surface area (Å²) in [5, 5.41) is 6.07. The predicted octanol–water partition coefficient (Wildman–Crippen LogP) is 2.06. The Morgan fingerprint density at radius 3 is 2.95 bits per heavy atom. The third-order valence-corrected chi connectivity index (χ3v) is 2.67. The first kappa shape index (κ1) is 15.4. The van der Waals surface area contributed by atoms with E-state index in [0.29, 0.717) is 12.3 Å². The van der Waals surface area contributed by atoms with Gasteiger partial charge in [0.1, 0.15) is 11.5 Å². The molecule has 5 heteroatoms. The van der Waals surface area contributed by atoms with Crippen LogP contribution in [-0.2, 0) is 4.74 Å². The number of nitrogens with one attached hydrogen (secondary N) is 2. The molecule has 1 unspecified atom stereocenters. The molecular formula is C14H23N3O2. The van der Waals surface area contributed by atoms with E-state index in [4.69, 9.17) is 4.74 Å². The van der Waals surface area contributed by atoms with E-state index < -0.39 is 0 Å². The fourth-order valence-corrected chi connectivity index (χ4v) is 1.58. The van der Waals surface area contributed by atoms with E-state index in [2.05, 4.69) is 22.5 Å². The monoisotopic (exact) mass is 265 g/mol. The largest absolute Gasteiger partial charge is 0.385 e. The number of pyridine rings is 1. The molecule has 0 aliphatic carbocycles. The van der Waals surface area contributed by atoms with Crippen LogP contribution in [0.1, 0.15) is 37.2 Å². The lowest BCUT2D eigenvalue weighted by molar-refractivity contribution is 0.0924. The minimum atomic E-state index is -0.149. The fraction of sp³-hybridized carbons (Fsp3) is 0.571. The number of amides is 1. The van der Waals surface area contributed by atoms with Gasteiger partial charge < -0.3 is 15.4 Å². The molecule has 0 fully saturated rings. The van der Waals surface area contributed by atoms with Gasteiger partial charge in [0, 0.05) is 26.3 Å². The van der Waals surface area contributed by atoms with Crippen molar-refractivity contribution in [3.05, 3.63) is 23.9 Å². The molecule has 1 heterocycles. The molecule has 0 saturated heterocycles. The molecule has 19 heavy (non-hydrogen) atoms. The normalized spacial score (nSPS) is 11.9. The van der Waals surface area contributed by atoms with Gasteiger partial charge in [-0.1, -0.05) is 13.0 Å². The summed E-state index contributed by atoms with van der Waals surface area (Å²) in [6, 6.07) is 5.48. The number of methoxy groups -OCH3 is 1. The van der Waals surface area contributed by atoms with Gasteiger partial charge in [0.05, 0.1) is 0 Å². The van der Waals surface area contributed by atoms with Gasteiger partial charge in [-0.3, -0.25) is 4.79 Å². The smallest absolute Gasteiger partial charge is 0.270 e. The van der Waals surface area contributed by atoms with Gasteiger partial charge in [-0.2, -0.15) is 0 Å². The lowest BCUT2D eigenvalue weighted by Gasteiger charge is -2.13. The Kier molecular flexibility index (Phi) is 6.89. The molecule has 0 aliphatic rings. The van der Waals surface area contributed by atoms with Crippen LogP contribution in [0.5, 0.6) is 0 Å². The standard InChI is InChI=1S/C14H23N3O2/c1-4-9-15-13-7-5-6-12(17-13)14(18)16-11(2)8-10-19-3/h5-7,11H,4,8-10H2,1-3H3,(H,15,17)(H,16,18). The van der Waals surface area contributed by atoms with Crippen LogP contribution in [0.2, 0.25) is 0 Å². The number of anilines is 1. The highest BCUT2D eigenvalue weighted by molar-refractivity contribution is 5.92. The second kappa shape index (κ2) is 8.48. The van der Waals surface area contributed by atoms with E-state index in [1.54, 1.807) is 13.2 Å². The zero-order valence-electron chi connectivity index (χ0n) is 11.9. The number of rotatable bonds is 8. The second-order valence-corrected chi connectivity index (χ2v) is 4.49. The summed E-state index contributed by atoms with van der Waals surface area (Å²) in [5.41, 5.74) is 0.436. The third-order valence-electron chi connectivity index (χ3n) is 2.67. The van der Waals surface area contributed by atoms with Crippen molar-refractivity contribution in [2.24, 2.45) is 0 Å². The van der Waals surface area contributed by atoms with Gasteiger partial charge in [-0.25, -0.2) is 4.98 Å². The van der Waals surface area contributed by atoms with Crippen LogP contribution in [0.4, 0.5) is 5.82 Å². The number of carbonyl (C=O) groups is 1. The van der Waals surface area contributed by atoms with Crippen molar-refractivity contribution in [1.82, 2.24) is 10.3 Å². The molecule has 1 amide bonds. The van der Waals surface area contributed by atoms with E-state index in [1.165, 1.54) is 0 Å². The van der Waals surface area contributed by atoms with E-state index in [1.807, 2.05) is 19.1 Å². The van der Waals surface area contributed by atoms with Gasteiger partial charge in [-0.05, 0) is 31.9 Å². The molecule has 0 spiro atoms. The van der Waals surface area contributed by atoms with Gasteiger partial charge >= 0.3 is 0 Å². The molecule has 0 aromatic carbocycles. The molecule has 0 radical (unpaired) electrons. The summed E-state index contributed by atoms with van der Waals surface area (Å²) >= 11 is 0. The predicted molar refractivity (Wildman–Crippen MR) is 76.4 cm³/mol. The van der Waals surface area contributed by atoms with Crippen molar-refractivity contribution in [2.45, 2.75) is 32.7 Å². The van der Waals surface area contributed by atoms with E-state index in [9.17, 15) is 4.79 Å². The first-order chi connectivity index (χ1) is 9.17. The van der Waals surface area contributed by atoms with Gasteiger partial charge in [0.25, 0.3) is 5.91 Å². The Morgan fingerprint density at radius 2 is 2.26 bits per heavy atom. The van der Waals surface area contributed by atoms with Crippen molar-refractivity contribution in [3.8, 4) is 0 Å². The van der Waals surface area contributed by atoms with Gasteiger partial charge in [0.15, 0.2) is 0 Å². The molecule has 1 aromatic heterocycles. The number of carbonyl (C=O) groups excluding carboxylic acids is 1. The van der Waals surface area contributed by atoms with Crippen molar-refractivity contribution in [3.63, 3.8) is 0 Å². The Labute approximate surface area is 114 Å². The van der Waals surface area contributed by atoms with E-state index in [0.717, 1.165) is 25.2 Å². The van der Waals surface area contributed by atoms with E-state index >= 15 is 0 Å². The highest BCUT2D eigenvalue weighted by Gasteiger charge is 2.11. The summed E-state index contributed by atoms with van der Waals surface area (Å²) in [6.07, 6.45) is 1.81. The van der Waals surface area contributed by atoms with Crippen LogP contribution in [0, 0.1) is 0 Å². The van der Waals surface area contributed by atoms with Crippen molar-refractivity contribution < 1.29 is 9.53 Å². The molecule has 1 rings (SSSR count). The van der Waals surface area contributed by atoms with Crippen LogP contribution in [0.15, 0.2) is 18.2 Å². The molecule has 1 atom stereocenters. The maximum absolute atomic E-state index is 12.0. The Hall–Kier alpha value is -1.62. The molecule has 0 saturated carbocycles. The van der Waals surface area contributed by atoms with E-state index in [-0.39, 0.29) is 11.9 Å². The molecular weight excluding hydrogens is 242 g/mol. The van der Waals surface area contributed by atoms with Gasteiger partial charge in [-0.15, -0.1) is 0 Å². The molecule has 0 bridgehead atoms. The van der Waals surface area contributed by atoms with Crippen molar-refractivity contribution in [1.29, 1.82) is 0 Å². The van der Waals surface area contributed by atoms with Crippen LogP contribution in [0.25, 0.3) is 0 Å². The number of hydrogen-bond acceptors (Lipinski definition) is 4. The fourth-order valence-electron chi connectivity index (χ4n) is 1.58. The molecule has 0 aliphatic heterocycles. The Balaban J connectivity index is 2.56. The lowest BCUT2D eigenvalue weighted by Crippen LogP contribution is -2.33. The van der Waals surface area contributed by atoms with Crippen LogP contribution in [0.3, 0.4) is 0 Å². The second-order valence-electron chi connectivity index (χ2n) is 4.49. The zero-order chi connectivity index (χ0) is 14.1. The average Bonchev–Trinajstić information content (AvgIpc) is 2.43. The maximum Gasteiger partial charge on any atom is 0.270 e. The molecule has 5 nitrogen and oxygen atoms in total. The number of hydrogen-bond donors (Lipinski definition) is 2. The van der Waals surface area contributed by atoms with Crippen LogP contribution < -0.4 is 10.6 Å². The summed E-state index contributed by atoms with van der Waals surface area (Å²) in [4.78, 5) is 16.3. The summed E-state index contributed by atoms with van der Waals surface area (Å²) in [5.74, 6) is 0.586. The lowest BCUT2D eigenvalue weighted by atomic mass is 10.2. The minimum absolute atomic E-state index is 0.0708. The van der Waals surface area contributed by atoms with Crippen LogP contribution >= 0.6 is 0 Å². The molecule has 2 N–H and O–H groups in total. The summed E-state index contributed by atoms with van der Waals surface area (Å²) in [7, 11) is 1.65. The zero-order valence-corrected chi connectivity index (χ0v) is 11.9. The van der Waals surface area contributed by atoms with Crippen molar-refractivity contribution >= 4 is 11.7 Å². The molecule has 1 aromatic rings. The number of aromatic nitrogens is 1. The summed E-state index contributed by atoms with van der Waals surface area (Å²) < 4.78 is 4.99. The first-order valence-corrected chi connectivity index (χ1v) is 6.68. The maximum atomic E-state index is 12.0. The van der Waals surface area contributed by atoms with Crippen molar-refractivity contribution in [2.75, 3.05) is 25.6 Å².